The van der Waals surface area contributed by atoms with Crippen molar-refractivity contribution < 1.29 is 27.1 Å². The Balaban J connectivity index is 1.80. The minimum absolute atomic E-state index is 0.0594. The Morgan fingerprint density at radius 1 is 1.15 bits per heavy atom. The van der Waals surface area contributed by atoms with Crippen molar-refractivity contribution in [2.24, 2.45) is 0 Å². The Hall–Kier alpha value is -1.96. The van der Waals surface area contributed by atoms with Crippen molar-refractivity contribution in [3.05, 3.63) is 30.1 Å². The summed E-state index contributed by atoms with van der Waals surface area (Å²) < 4.78 is 42.3. The molecule has 0 aromatic heterocycles. The third-order valence-electron chi connectivity index (χ3n) is 4.63. The number of halogens is 1. The standard InChI is InChI=1S/C19H26FNO5S/c1-14(19(23)21-16-6-4-2-3-5-7-16)26-18(22)12-13-27(24,25)17-10-8-15(20)9-11-17/h8-11,14,16H,2-7,12-13H2,1H3,(H,21,23)/t14-/m1/s1. The van der Waals surface area contributed by atoms with Crippen LogP contribution in [0.3, 0.4) is 0 Å². The van der Waals surface area contributed by atoms with Crippen LogP contribution in [-0.2, 0) is 24.2 Å². The monoisotopic (exact) mass is 399 g/mol. The lowest BCUT2D eigenvalue weighted by Gasteiger charge is -2.19. The molecular formula is C19H26FNO5S. The van der Waals surface area contributed by atoms with Crippen molar-refractivity contribution in [2.75, 3.05) is 5.75 Å². The number of amides is 1. The smallest absolute Gasteiger partial charge is 0.307 e. The molecule has 0 heterocycles. The Morgan fingerprint density at radius 2 is 1.74 bits per heavy atom. The molecule has 0 bridgehead atoms. The molecule has 27 heavy (non-hydrogen) atoms. The lowest BCUT2D eigenvalue weighted by molar-refractivity contribution is -0.154. The molecule has 1 amide bonds. The van der Waals surface area contributed by atoms with Gasteiger partial charge in [0.1, 0.15) is 5.82 Å². The topological polar surface area (TPSA) is 89.5 Å². The summed E-state index contributed by atoms with van der Waals surface area (Å²) in [5, 5.41) is 2.90. The number of hydrogen-bond acceptors (Lipinski definition) is 5. The van der Waals surface area contributed by atoms with E-state index >= 15 is 0 Å². The normalized spacial score (nSPS) is 17.0. The summed E-state index contributed by atoms with van der Waals surface area (Å²) in [6, 6.07) is 4.49. The quantitative estimate of drug-likeness (QED) is 0.433. The van der Waals surface area contributed by atoms with E-state index < -0.39 is 33.5 Å². The molecule has 8 heteroatoms. The predicted molar refractivity (Wildman–Crippen MR) is 98.3 cm³/mol. The van der Waals surface area contributed by atoms with Gasteiger partial charge in [0.15, 0.2) is 15.9 Å². The molecule has 1 aliphatic rings. The number of rotatable bonds is 7. The summed E-state index contributed by atoms with van der Waals surface area (Å²) in [7, 11) is -3.72. The number of carbonyl (C=O) groups excluding carboxylic acids is 2. The molecule has 2 rings (SSSR count). The molecule has 0 radical (unpaired) electrons. The third kappa shape index (κ3) is 6.93. The zero-order valence-electron chi connectivity index (χ0n) is 15.4. The van der Waals surface area contributed by atoms with E-state index in [0.717, 1.165) is 49.9 Å². The number of esters is 1. The highest BCUT2D eigenvalue weighted by molar-refractivity contribution is 7.91. The van der Waals surface area contributed by atoms with Gasteiger partial charge in [-0.1, -0.05) is 25.7 Å². The maximum absolute atomic E-state index is 12.9. The molecule has 0 spiro atoms. The van der Waals surface area contributed by atoms with Gasteiger partial charge < -0.3 is 10.1 Å². The third-order valence-corrected chi connectivity index (χ3v) is 6.36. The fourth-order valence-electron chi connectivity index (χ4n) is 3.03. The van der Waals surface area contributed by atoms with Crippen molar-refractivity contribution in [3.8, 4) is 0 Å². The van der Waals surface area contributed by atoms with Crippen LogP contribution in [0.5, 0.6) is 0 Å². The van der Waals surface area contributed by atoms with Gasteiger partial charge in [0, 0.05) is 6.04 Å². The summed E-state index contributed by atoms with van der Waals surface area (Å²) in [5.41, 5.74) is 0. The molecule has 6 nitrogen and oxygen atoms in total. The maximum Gasteiger partial charge on any atom is 0.307 e. The Kier molecular flexibility index (Phi) is 7.77. The number of ether oxygens (including phenoxy) is 1. The highest BCUT2D eigenvalue weighted by atomic mass is 32.2. The van der Waals surface area contributed by atoms with Gasteiger partial charge in [-0.05, 0) is 44.0 Å². The predicted octanol–water partition coefficient (Wildman–Crippen LogP) is 2.76. The second-order valence-corrected chi connectivity index (χ2v) is 8.96. The zero-order valence-corrected chi connectivity index (χ0v) is 16.3. The van der Waals surface area contributed by atoms with E-state index in [-0.39, 0.29) is 23.3 Å². The van der Waals surface area contributed by atoms with Gasteiger partial charge in [-0.2, -0.15) is 0 Å². The molecule has 1 fully saturated rings. The van der Waals surface area contributed by atoms with Crippen molar-refractivity contribution in [2.45, 2.75) is 68.9 Å². The number of hydrogen-bond donors (Lipinski definition) is 1. The van der Waals surface area contributed by atoms with E-state index in [4.69, 9.17) is 4.74 Å². The molecule has 1 N–H and O–H groups in total. The summed E-state index contributed by atoms with van der Waals surface area (Å²) in [5.74, 6) is -2.13. The van der Waals surface area contributed by atoms with Crippen molar-refractivity contribution in [3.63, 3.8) is 0 Å². The van der Waals surface area contributed by atoms with Crippen molar-refractivity contribution >= 4 is 21.7 Å². The van der Waals surface area contributed by atoms with Gasteiger partial charge in [-0.15, -0.1) is 0 Å². The summed E-state index contributed by atoms with van der Waals surface area (Å²) >= 11 is 0. The van der Waals surface area contributed by atoms with Crippen LogP contribution < -0.4 is 5.32 Å². The molecule has 0 unspecified atom stereocenters. The van der Waals surface area contributed by atoms with Crippen LogP contribution in [0.2, 0.25) is 0 Å². The molecule has 0 saturated heterocycles. The number of benzene rings is 1. The first-order valence-corrected chi connectivity index (χ1v) is 10.9. The van der Waals surface area contributed by atoms with Gasteiger partial charge in [-0.25, -0.2) is 12.8 Å². The Morgan fingerprint density at radius 3 is 2.33 bits per heavy atom. The molecule has 1 aliphatic carbocycles. The molecule has 1 aromatic carbocycles. The van der Waals surface area contributed by atoms with Crippen molar-refractivity contribution in [1.29, 1.82) is 0 Å². The van der Waals surface area contributed by atoms with Crippen LogP contribution in [0.4, 0.5) is 4.39 Å². The molecule has 1 aromatic rings. The first kappa shape index (κ1) is 21.3. The van der Waals surface area contributed by atoms with E-state index in [1.165, 1.54) is 19.8 Å². The molecule has 1 saturated carbocycles. The van der Waals surface area contributed by atoms with Crippen LogP contribution in [0.1, 0.15) is 51.9 Å². The number of sulfone groups is 1. The average molecular weight is 399 g/mol. The zero-order chi connectivity index (χ0) is 19.9. The largest absolute Gasteiger partial charge is 0.453 e. The molecular weight excluding hydrogens is 373 g/mol. The number of carbonyl (C=O) groups is 2. The number of nitrogens with one attached hydrogen (secondary N) is 1. The SMILES string of the molecule is C[C@@H](OC(=O)CCS(=O)(=O)c1ccc(F)cc1)C(=O)NC1CCCCCC1. The fourth-order valence-corrected chi connectivity index (χ4v) is 4.25. The Bertz CT molecular complexity index is 740. The van der Waals surface area contributed by atoms with E-state index in [1.54, 1.807) is 0 Å². The molecule has 150 valence electrons. The summed E-state index contributed by atoms with van der Waals surface area (Å²) in [6.45, 7) is 1.47. The van der Waals surface area contributed by atoms with Gasteiger partial charge in [0.05, 0.1) is 17.1 Å². The van der Waals surface area contributed by atoms with Crippen molar-refractivity contribution in [1.82, 2.24) is 5.32 Å². The molecule has 0 aliphatic heterocycles. The summed E-state index contributed by atoms with van der Waals surface area (Å²) in [4.78, 5) is 24.0. The van der Waals surface area contributed by atoms with Crippen LogP contribution in [0, 0.1) is 5.82 Å². The van der Waals surface area contributed by atoms with E-state index in [0.29, 0.717) is 0 Å². The van der Waals surface area contributed by atoms with Crippen LogP contribution in [0.25, 0.3) is 0 Å². The minimum atomic E-state index is -3.72. The van der Waals surface area contributed by atoms with Crippen LogP contribution in [0.15, 0.2) is 29.2 Å². The first-order chi connectivity index (χ1) is 12.8. The van der Waals surface area contributed by atoms with Gasteiger partial charge in [0.25, 0.3) is 5.91 Å². The maximum atomic E-state index is 12.9. The Labute approximate surface area is 159 Å². The second kappa shape index (κ2) is 9.82. The lowest BCUT2D eigenvalue weighted by atomic mass is 10.1. The van der Waals surface area contributed by atoms with E-state index in [2.05, 4.69) is 5.32 Å². The highest BCUT2D eigenvalue weighted by Gasteiger charge is 2.23. The van der Waals surface area contributed by atoms with Gasteiger partial charge in [0.2, 0.25) is 0 Å². The highest BCUT2D eigenvalue weighted by Crippen LogP contribution is 2.17. The average Bonchev–Trinajstić information content (AvgIpc) is 2.89. The fraction of sp³-hybridized carbons (Fsp3) is 0.579. The lowest BCUT2D eigenvalue weighted by Crippen LogP contribution is -2.42. The minimum Gasteiger partial charge on any atom is -0.453 e. The first-order valence-electron chi connectivity index (χ1n) is 9.26. The second-order valence-electron chi connectivity index (χ2n) is 6.85. The van der Waals surface area contributed by atoms with E-state index in [9.17, 15) is 22.4 Å². The van der Waals surface area contributed by atoms with Gasteiger partial charge >= 0.3 is 5.97 Å². The van der Waals surface area contributed by atoms with Gasteiger partial charge in [-0.3, -0.25) is 9.59 Å². The van der Waals surface area contributed by atoms with Crippen LogP contribution >= 0.6 is 0 Å². The van der Waals surface area contributed by atoms with Crippen LogP contribution in [-0.4, -0.2) is 38.2 Å². The summed E-state index contributed by atoms with van der Waals surface area (Å²) in [6.07, 6.45) is 4.96. The molecule has 1 atom stereocenters. The van der Waals surface area contributed by atoms with E-state index in [1.807, 2.05) is 0 Å².